The summed E-state index contributed by atoms with van der Waals surface area (Å²) in [4.78, 5) is 14.0. The van der Waals surface area contributed by atoms with Gasteiger partial charge in [0.05, 0.1) is 6.54 Å². The number of rotatable bonds is 8. The van der Waals surface area contributed by atoms with Crippen molar-refractivity contribution < 1.29 is 4.92 Å². The minimum atomic E-state index is -0.400. The zero-order chi connectivity index (χ0) is 11.8. The highest BCUT2D eigenvalue weighted by Gasteiger charge is 2.11. The van der Waals surface area contributed by atoms with Crippen LogP contribution in [0.25, 0.3) is 0 Å². The minimum absolute atomic E-state index is 0.0720. The number of aromatic nitrogens is 2. The van der Waals surface area contributed by atoms with Crippen LogP contribution in [-0.2, 0) is 6.54 Å². The highest BCUT2D eigenvalue weighted by Crippen LogP contribution is 2.12. The summed E-state index contributed by atoms with van der Waals surface area (Å²) in [5.74, 6) is 2.22. The largest absolute Gasteiger partial charge is 0.358 e. The molecular weight excluding hydrogens is 226 g/mol. The van der Waals surface area contributed by atoms with E-state index in [4.69, 9.17) is 0 Å². The van der Waals surface area contributed by atoms with Gasteiger partial charge in [-0.15, -0.1) is 0 Å². The van der Waals surface area contributed by atoms with E-state index < -0.39 is 4.92 Å². The number of thioether (sulfide) groups is 1. The van der Waals surface area contributed by atoms with Gasteiger partial charge in [0, 0.05) is 0 Å². The SMILES string of the molecule is [CH2]CCCSCCCn1cncc1[N+](=O)[O-]. The fraction of sp³-hybridized carbons (Fsp3) is 0.600. The molecule has 1 radical (unpaired) electrons. The number of nitro groups is 1. The molecule has 0 amide bonds. The van der Waals surface area contributed by atoms with Gasteiger partial charge in [0.2, 0.25) is 0 Å². The molecule has 0 unspecified atom stereocenters. The van der Waals surface area contributed by atoms with Gasteiger partial charge in [0.15, 0.2) is 6.33 Å². The number of hydrogen-bond donors (Lipinski definition) is 0. The van der Waals surface area contributed by atoms with E-state index in [-0.39, 0.29) is 5.82 Å². The van der Waals surface area contributed by atoms with Crippen LogP contribution in [0.1, 0.15) is 19.3 Å². The third kappa shape index (κ3) is 4.22. The Hall–Kier alpha value is -1.04. The Balaban J connectivity index is 2.21. The van der Waals surface area contributed by atoms with Crippen molar-refractivity contribution in [1.82, 2.24) is 9.55 Å². The van der Waals surface area contributed by atoms with Crippen molar-refractivity contribution >= 4 is 17.6 Å². The van der Waals surface area contributed by atoms with Gasteiger partial charge in [-0.3, -0.25) is 0 Å². The summed E-state index contributed by atoms with van der Waals surface area (Å²) in [7, 11) is 0. The van der Waals surface area contributed by atoms with E-state index in [9.17, 15) is 10.1 Å². The van der Waals surface area contributed by atoms with Gasteiger partial charge in [-0.25, -0.2) is 9.55 Å². The van der Waals surface area contributed by atoms with Crippen molar-refractivity contribution in [2.45, 2.75) is 25.8 Å². The summed E-state index contributed by atoms with van der Waals surface area (Å²) < 4.78 is 1.59. The first-order valence-corrected chi connectivity index (χ1v) is 6.42. The maximum atomic E-state index is 10.6. The second-order valence-corrected chi connectivity index (χ2v) is 4.60. The molecule has 5 nitrogen and oxygen atoms in total. The predicted molar refractivity (Wildman–Crippen MR) is 65.4 cm³/mol. The molecule has 1 rings (SSSR count). The highest BCUT2D eigenvalue weighted by molar-refractivity contribution is 7.99. The van der Waals surface area contributed by atoms with Crippen LogP contribution in [0, 0.1) is 17.0 Å². The fourth-order valence-corrected chi connectivity index (χ4v) is 2.23. The Morgan fingerprint density at radius 2 is 2.25 bits per heavy atom. The van der Waals surface area contributed by atoms with Gasteiger partial charge >= 0.3 is 5.82 Å². The Morgan fingerprint density at radius 3 is 2.94 bits per heavy atom. The second-order valence-electron chi connectivity index (χ2n) is 3.38. The van der Waals surface area contributed by atoms with E-state index in [0.29, 0.717) is 6.54 Å². The molecule has 6 heteroatoms. The van der Waals surface area contributed by atoms with Gasteiger partial charge in [-0.1, -0.05) is 13.3 Å². The van der Waals surface area contributed by atoms with Crippen molar-refractivity contribution in [3.8, 4) is 0 Å². The topological polar surface area (TPSA) is 61.0 Å². The van der Waals surface area contributed by atoms with Gasteiger partial charge in [0.25, 0.3) is 0 Å². The van der Waals surface area contributed by atoms with E-state index in [1.54, 1.807) is 4.57 Å². The smallest absolute Gasteiger partial charge is 0.342 e. The fourth-order valence-electron chi connectivity index (χ4n) is 1.28. The van der Waals surface area contributed by atoms with Crippen molar-refractivity contribution in [2.24, 2.45) is 0 Å². The van der Waals surface area contributed by atoms with Crippen LogP contribution in [-0.4, -0.2) is 26.0 Å². The monoisotopic (exact) mass is 242 g/mol. The molecule has 1 aromatic heterocycles. The molecule has 0 saturated heterocycles. The van der Waals surface area contributed by atoms with Crippen molar-refractivity contribution in [3.63, 3.8) is 0 Å². The summed E-state index contributed by atoms with van der Waals surface area (Å²) in [6, 6.07) is 0. The predicted octanol–water partition coefficient (Wildman–Crippen LogP) is 2.53. The molecule has 1 heterocycles. The van der Waals surface area contributed by atoms with Crippen LogP contribution in [0.5, 0.6) is 0 Å². The molecule has 89 valence electrons. The first-order chi connectivity index (χ1) is 7.75. The van der Waals surface area contributed by atoms with E-state index >= 15 is 0 Å². The van der Waals surface area contributed by atoms with Crippen LogP contribution in [0.15, 0.2) is 12.5 Å². The Labute approximate surface area is 99.4 Å². The first-order valence-electron chi connectivity index (χ1n) is 5.27. The van der Waals surface area contributed by atoms with E-state index in [0.717, 1.165) is 30.8 Å². The molecule has 0 atom stereocenters. The van der Waals surface area contributed by atoms with Crippen LogP contribution < -0.4 is 0 Å². The molecular formula is C10H16N3O2S. The number of nitrogens with zero attached hydrogens (tertiary/aromatic N) is 3. The van der Waals surface area contributed by atoms with Crippen LogP contribution >= 0.6 is 11.8 Å². The summed E-state index contributed by atoms with van der Waals surface area (Å²) in [6.45, 7) is 4.43. The number of hydrogen-bond acceptors (Lipinski definition) is 4. The van der Waals surface area contributed by atoms with Crippen LogP contribution in [0.3, 0.4) is 0 Å². The summed E-state index contributed by atoms with van der Waals surface area (Å²) in [5, 5.41) is 10.6. The van der Waals surface area contributed by atoms with Crippen molar-refractivity contribution in [2.75, 3.05) is 11.5 Å². The third-order valence-electron chi connectivity index (χ3n) is 2.10. The lowest BCUT2D eigenvalue weighted by molar-refractivity contribution is -0.392. The first kappa shape index (κ1) is 13.0. The molecule has 0 bridgehead atoms. The normalized spacial score (nSPS) is 10.6. The lowest BCUT2D eigenvalue weighted by Crippen LogP contribution is -2.02. The lowest BCUT2D eigenvalue weighted by Gasteiger charge is -2.01. The molecule has 0 fully saturated rings. The quantitative estimate of drug-likeness (QED) is 0.399. The van der Waals surface area contributed by atoms with Gasteiger partial charge in [0.1, 0.15) is 6.20 Å². The molecule has 0 aromatic carbocycles. The van der Waals surface area contributed by atoms with Gasteiger partial charge in [-0.2, -0.15) is 11.8 Å². The van der Waals surface area contributed by atoms with Crippen LogP contribution in [0.2, 0.25) is 0 Å². The van der Waals surface area contributed by atoms with E-state index in [1.165, 1.54) is 12.5 Å². The minimum Gasteiger partial charge on any atom is -0.358 e. The zero-order valence-electron chi connectivity index (χ0n) is 9.17. The zero-order valence-corrected chi connectivity index (χ0v) is 9.99. The third-order valence-corrected chi connectivity index (χ3v) is 3.26. The lowest BCUT2D eigenvalue weighted by atomic mass is 10.4. The number of unbranched alkanes of at least 4 members (excludes halogenated alkanes) is 1. The van der Waals surface area contributed by atoms with Gasteiger partial charge in [-0.05, 0) is 29.3 Å². The highest BCUT2D eigenvalue weighted by atomic mass is 32.2. The Morgan fingerprint density at radius 1 is 1.50 bits per heavy atom. The molecule has 16 heavy (non-hydrogen) atoms. The number of imidazole rings is 1. The molecule has 0 aliphatic heterocycles. The summed E-state index contributed by atoms with van der Waals surface area (Å²) >= 11 is 1.87. The van der Waals surface area contributed by atoms with Crippen LogP contribution in [0.4, 0.5) is 5.82 Å². The average molecular weight is 242 g/mol. The molecule has 0 saturated carbocycles. The van der Waals surface area contributed by atoms with E-state index in [2.05, 4.69) is 11.9 Å². The average Bonchev–Trinajstić information content (AvgIpc) is 2.71. The Kier molecular flexibility index (Phi) is 5.92. The molecule has 0 N–H and O–H groups in total. The maximum absolute atomic E-state index is 10.6. The summed E-state index contributed by atoms with van der Waals surface area (Å²) in [5.41, 5.74) is 0. The Bertz CT molecular complexity index is 328. The van der Waals surface area contributed by atoms with Crippen molar-refractivity contribution in [1.29, 1.82) is 0 Å². The standard InChI is InChI=1S/C10H16N3O2S/c1-2-3-6-16-7-4-5-12-9-11-8-10(12)13(14)15/h8-9H,1-7H2. The molecule has 0 spiro atoms. The molecule has 1 aromatic rings. The summed E-state index contributed by atoms with van der Waals surface area (Å²) in [6.07, 6.45) is 5.84. The van der Waals surface area contributed by atoms with Crippen molar-refractivity contribution in [3.05, 3.63) is 29.6 Å². The van der Waals surface area contributed by atoms with Gasteiger partial charge < -0.3 is 10.1 Å². The second kappa shape index (κ2) is 7.27. The molecule has 0 aliphatic rings. The number of aryl methyl sites for hydroxylation is 1. The maximum Gasteiger partial charge on any atom is 0.342 e. The van der Waals surface area contributed by atoms with E-state index in [1.807, 2.05) is 11.8 Å². The molecule has 0 aliphatic carbocycles.